The van der Waals surface area contributed by atoms with Crippen LogP contribution in [0.25, 0.3) is 82.6 Å². The minimum Gasteiger partial charge on any atom is -0.308 e. The fourth-order valence-electron chi connectivity index (χ4n) is 6.52. The maximum Gasteiger partial charge on any atom is 0.160 e. The van der Waals surface area contributed by atoms with Crippen LogP contribution in [0, 0.1) is 0 Å². The van der Waals surface area contributed by atoms with Gasteiger partial charge in [-0.3, -0.25) is 0 Å². The number of para-hydroxylation sites is 1. The summed E-state index contributed by atoms with van der Waals surface area (Å²) in [5.74, 6) is 0. The lowest BCUT2D eigenvalue weighted by Gasteiger charge is -2.11. The zero-order valence-electron chi connectivity index (χ0n) is 22.1. The van der Waals surface area contributed by atoms with Crippen molar-refractivity contribution in [3.8, 4) is 33.5 Å². The zero-order valence-corrected chi connectivity index (χ0v) is 22.1. The molecule has 4 heterocycles. The van der Waals surface area contributed by atoms with Crippen molar-refractivity contribution in [1.29, 1.82) is 0 Å². The maximum atomic E-state index is 4.95. The van der Waals surface area contributed by atoms with Crippen LogP contribution in [0.2, 0.25) is 0 Å². The third-order valence-corrected chi connectivity index (χ3v) is 8.37. The molecule has 3 heteroatoms. The molecule has 0 fully saturated rings. The molecule has 0 spiro atoms. The second-order valence-corrected chi connectivity index (χ2v) is 10.7. The SMILES string of the molecule is c1ccc(-c2ccc3c(c2)c2cc(-c4cc(-c5ccccc5)nc5ncccc45)cc4c5ccccc5n3c42)cc1. The Hall–Kier alpha value is -5.54. The second kappa shape index (κ2) is 8.48. The van der Waals surface area contributed by atoms with Crippen molar-refractivity contribution in [3.63, 3.8) is 0 Å². The van der Waals surface area contributed by atoms with E-state index in [-0.39, 0.29) is 0 Å². The number of hydrogen-bond donors (Lipinski definition) is 0. The Kier molecular flexibility index (Phi) is 4.61. The van der Waals surface area contributed by atoms with Gasteiger partial charge in [-0.05, 0) is 70.8 Å². The summed E-state index contributed by atoms with van der Waals surface area (Å²) in [6, 6.07) is 47.7. The minimum atomic E-state index is 0.759. The fraction of sp³-hybridized carbons (Fsp3) is 0. The molecule has 4 aromatic heterocycles. The first-order valence-corrected chi connectivity index (χ1v) is 13.9. The number of hydrogen-bond acceptors (Lipinski definition) is 2. The van der Waals surface area contributed by atoms with Crippen LogP contribution < -0.4 is 0 Å². The third kappa shape index (κ3) is 3.26. The molecule has 0 saturated heterocycles. The first-order valence-electron chi connectivity index (χ1n) is 13.9. The summed E-state index contributed by atoms with van der Waals surface area (Å²) in [7, 11) is 0. The number of fused-ring (bicyclic) bond motifs is 7. The normalized spacial score (nSPS) is 11.9. The largest absolute Gasteiger partial charge is 0.308 e. The van der Waals surface area contributed by atoms with Gasteiger partial charge >= 0.3 is 0 Å². The molecule has 9 aromatic rings. The summed E-state index contributed by atoms with van der Waals surface area (Å²) >= 11 is 0. The summed E-state index contributed by atoms with van der Waals surface area (Å²) in [6.07, 6.45) is 1.83. The molecule has 0 saturated carbocycles. The molecule has 3 nitrogen and oxygen atoms in total. The molecular weight excluding hydrogens is 498 g/mol. The first-order chi connectivity index (χ1) is 20.3. The molecule has 0 atom stereocenters. The predicted molar refractivity (Wildman–Crippen MR) is 171 cm³/mol. The Labute approximate surface area is 236 Å². The van der Waals surface area contributed by atoms with Crippen molar-refractivity contribution in [1.82, 2.24) is 14.4 Å². The average molecular weight is 522 g/mol. The van der Waals surface area contributed by atoms with Crippen molar-refractivity contribution < 1.29 is 0 Å². The van der Waals surface area contributed by atoms with Crippen LogP contribution in [0.1, 0.15) is 0 Å². The van der Waals surface area contributed by atoms with E-state index >= 15 is 0 Å². The maximum absolute atomic E-state index is 4.95. The average Bonchev–Trinajstić information content (AvgIpc) is 3.56. The quantitative estimate of drug-likeness (QED) is 0.232. The van der Waals surface area contributed by atoms with Gasteiger partial charge in [0.15, 0.2) is 5.65 Å². The Bertz CT molecular complexity index is 2400. The van der Waals surface area contributed by atoms with E-state index in [1.807, 2.05) is 18.3 Å². The minimum absolute atomic E-state index is 0.759. The molecule has 0 aliphatic rings. The van der Waals surface area contributed by atoms with Gasteiger partial charge in [0.05, 0.1) is 22.2 Å². The first kappa shape index (κ1) is 22.3. The number of nitrogens with zero attached hydrogens (tertiary/aromatic N) is 3. The summed E-state index contributed by atoms with van der Waals surface area (Å²) in [6.45, 7) is 0. The lowest BCUT2D eigenvalue weighted by Crippen LogP contribution is -1.92. The predicted octanol–water partition coefficient (Wildman–Crippen LogP) is 9.78. The second-order valence-electron chi connectivity index (χ2n) is 10.7. The van der Waals surface area contributed by atoms with E-state index in [0.717, 1.165) is 27.9 Å². The van der Waals surface area contributed by atoms with E-state index in [2.05, 4.69) is 131 Å². The number of pyridine rings is 2. The number of benzene rings is 5. The topological polar surface area (TPSA) is 30.2 Å². The van der Waals surface area contributed by atoms with Gasteiger partial charge in [-0.1, -0.05) is 84.9 Å². The summed E-state index contributed by atoms with van der Waals surface area (Å²) < 4.78 is 2.44. The van der Waals surface area contributed by atoms with E-state index in [1.165, 1.54) is 54.8 Å². The van der Waals surface area contributed by atoms with Crippen molar-refractivity contribution in [2.24, 2.45) is 0 Å². The van der Waals surface area contributed by atoms with E-state index in [9.17, 15) is 0 Å². The van der Waals surface area contributed by atoms with Gasteiger partial charge in [0.1, 0.15) is 0 Å². The highest BCUT2D eigenvalue weighted by Crippen LogP contribution is 2.43. The van der Waals surface area contributed by atoms with Crippen LogP contribution in [0.4, 0.5) is 0 Å². The van der Waals surface area contributed by atoms with Gasteiger partial charge in [0.25, 0.3) is 0 Å². The third-order valence-electron chi connectivity index (χ3n) is 8.37. The monoisotopic (exact) mass is 521 g/mol. The Morgan fingerprint density at radius 3 is 1.93 bits per heavy atom. The number of aromatic nitrogens is 3. The fourth-order valence-corrected chi connectivity index (χ4v) is 6.52. The lowest BCUT2D eigenvalue weighted by atomic mass is 9.95. The zero-order chi connectivity index (χ0) is 26.9. The molecule has 0 unspecified atom stereocenters. The molecule has 9 rings (SSSR count). The molecule has 41 heavy (non-hydrogen) atoms. The van der Waals surface area contributed by atoms with Crippen LogP contribution in [0.3, 0.4) is 0 Å². The Balaban J connectivity index is 1.41. The van der Waals surface area contributed by atoms with Crippen molar-refractivity contribution >= 4 is 49.1 Å². The van der Waals surface area contributed by atoms with E-state index in [1.54, 1.807) is 0 Å². The van der Waals surface area contributed by atoms with Crippen molar-refractivity contribution in [2.45, 2.75) is 0 Å². The number of rotatable bonds is 3. The molecule has 0 aliphatic carbocycles. The Morgan fingerprint density at radius 1 is 0.439 bits per heavy atom. The molecule has 5 aromatic carbocycles. The summed E-state index contributed by atoms with van der Waals surface area (Å²) in [4.78, 5) is 9.63. The van der Waals surface area contributed by atoms with E-state index < -0.39 is 0 Å². The van der Waals surface area contributed by atoms with Gasteiger partial charge in [0.2, 0.25) is 0 Å². The lowest BCUT2D eigenvalue weighted by molar-refractivity contribution is 1.29. The molecule has 190 valence electrons. The van der Waals surface area contributed by atoms with Crippen LogP contribution in [0.5, 0.6) is 0 Å². The van der Waals surface area contributed by atoms with Crippen molar-refractivity contribution in [3.05, 3.63) is 140 Å². The molecule has 0 N–H and O–H groups in total. The highest BCUT2D eigenvalue weighted by molar-refractivity contribution is 6.25. The smallest absolute Gasteiger partial charge is 0.160 e. The van der Waals surface area contributed by atoms with Gasteiger partial charge in [0, 0.05) is 38.7 Å². The van der Waals surface area contributed by atoms with Gasteiger partial charge in [-0.2, -0.15) is 0 Å². The van der Waals surface area contributed by atoms with E-state index in [0.29, 0.717) is 0 Å². The van der Waals surface area contributed by atoms with E-state index in [4.69, 9.17) is 4.98 Å². The van der Waals surface area contributed by atoms with Gasteiger partial charge in [-0.15, -0.1) is 0 Å². The van der Waals surface area contributed by atoms with Crippen molar-refractivity contribution in [2.75, 3.05) is 0 Å². The summed E-state index contributed by atoms with van der Waals surface area (Å²) in [5.41, 5.74) is 11.3. The van der Waals surface area contributed by atoms with Crippen LogP contribution in [0.15, 0.2) is 140 Å². The standard InChI is InChI=1S/C38H23N3/c1-3-10-24(11-4-1)26-17-18-36-31(20-26)33-22-27(21-32-28-14-7-8-16-35(28)41(36)37(32)33)30-23-34(25-12-5-2-6-13-25)40-38-29(30)15-9-19-39-38/h1-23H. The van der Waals surface area contributed by atoms with Crippen LogP contribution in [-0.4, -0.2) is 14.4 Å². The molecule has 0 radical (unpaired) electrons. The molecule has 0 aliphatic heterocycles. The molecule has 0 bridgehead atoms. The Morgan fingerprint density at radius 2 is 1.10 bits per heavy atom. The van der Waals surface area contributed by atoms with Gasteiger partial charge in [-0.25, -0.2) is 9.97 Å². The van der Waals surface area contributed by atoms with Gasteiger partial charge < -0.3 is 4.40 Å². The van der Waals surface area contributed by atoms with Crippen LogP contribution >= 0.6 is 0 Å². The molecule has 0 amide bonds. The molecular formula is C38H23N3. The highest BCUT2D eigenvalue weighted by Gasteiger charge is 2.20. The highest BCUT2D eigenvalue weighted by atomic mass is 14.9. The summed E-state index contributed by atoms with van der Waals surface area (Å²) in [5, 5.41) is 6.11. The van der Waals surface area contributed by atoms with Crippen LogP contribution in [-0.2, 0) is 0 Å².